The van der Waals surface area contributed by atoms with E-state index >= 15 is 0 Å². The van der Waals surface area contributed by atoms with Gasteiger partial charge in [0.1, 0.15) is 5.78 Å². The van der Waals surface area contributed by atoms with Crippen LogP contribution in [0.25, 0.3) is 0 Å². The molecule has 0 radical (unpaired) electrons. The van der Waals surface area contributed by atoms with Gasteiger partial charge in [-0.15, -0.1) is 11.8 Å². The van der Waals surface area contributed by atoms with Crippen molar-refractivity contribution in [3.8, 4) is 0 Å². The molecule has 0 aliphatic carbocycles. The Morgan fingerprint density at radius 3 is 3.06 bits per heavy atom. The Bertz CT molecular complexity index is 431. The van der Waals surface area contributed by atoms with E-state index in [1.807, 2.05) is 11.8 Å². The van der Waals surface area contributed by atoms with Crippen molar-refractivity contribution in [2.24, 2.45) is 0 Å². The molecular weight excluding hydrogens is 242 g/mol. The van der Waals surface area contributed by atoms with Gasteiger partial charge in [-0.05, 0) is 55.7 Å². The number of hydrogen-bond donors (Lipinski definition) is 0. The number of benzene rings is 1. The van der Waals surface area contributed by atoms with E-state index in [0.717, 1.165) is 13.0 Å². The first-order valence-corrected chi connectivity index (χ1v) is 7.61. The number of anilines is 1. The maximum absolute atomic E-state index is 10.9. The molecule has 0 amide bonds. The highest BCUT2D eigenvalue weighted by atomic mass is 32.2. The van der Waals surface area contributed by atoms with Crippen LogP contribution < -0.4 is 4.90 Å². The summed E-state index contributed by atoms with van der Waals surface area (Å²) in [6.07, 6.45) is 4.12. The van der Waals surface area contributed by atoms with Crippen LogP contribution in [0.3, 0.4) is 0 Å². The number of ketones is 1. The molecule has 1 aromatic carbocycles. The predicted molar refractivity (Wildman–Crippen MR) is 78.7 cm³/mol. The zero-order valence-corrected chi connectivity index (χ0v) is 12.1. The normalized spacial score (nSPS) is 14.1. The Labute approximate surface area is 114 Å². The summed E-state index contributed by atoms with van der Waals surface area (Å²) in [4.78, 5) is 14.6. The SMILES string of the molecule is CC(=O)CCCN(C)c1ccc2c(c1)CCCS2. The quantitative estimate of drug-likeness (QED) is 0.810. The molecule has 0 saturated heterocycles. The molecule has 98 valence electrons. The molecule has 1 aliphatic rings. The topological polar surface area (TPSA) is 20.3 Å². The number of carbonyl (C=O) groups is 1. The van der Waals surface area contributed by atoms with E-state index < -0.39 is 0 Å². The van der Waals surface area contributed by atoms with Gasteiger partial charge in [-0.25, -0.2) is 0 Å². The molecule has 2 nitrogen and oxygen atoms in total. The first kappa shape index (κ1) is 13.5. The number of fused-ring (bicyclic) bond motifs is 1. The third kappa shape index (κ3) is 3.52. The summed E-state index contributed by atoms with van der Waals surface area (Å²) in [7, 11) is 2.11. The lowest BCUT2D eigenvalue weighted by molar-refractivity contribution is -0.117. The predicted octanol–water partition coefficient (Wildman–Crippen LogP) is 3.53. The van der Waals surface area contributed by atoms with Gasteiger partial charge >= 0.3 is 0 Å². The second-order valence-electron chi connectivity index (χ2n) is 4.97. The maximum atomic E-state index is 10.9. The zero-order valence-electron chi connectivity index (χ0n) is 11.2. The fourth-order valence-electron chi connectivity index (χ4n) is 2.28. The lowest BCUT2D eigenvalue weighted by Crippen LogP contribution is -2.19. The highest BCUT2D eigenvalue weighted by molar-refractivity contribution is 7.99. The fourth-order valence-corrected chi connectivity index (χ4v) is 3.30. The molecule has 0 N–H and O–H groups in total. The van der Waals surface area contributed by atoms with E-state index in [2.05, 4.69) is 30.1 Å². The van der Waals surface area contributed by atoms with Gasteiger partial charge < -0.3 is 9.69 Å². The summed E-state index contributed by atoms with van der Waals surface area (Å²) in [5.41, 5.74) is 2.77. The van der Waals surface area contributed by atoms with Crippen LogP contribution in [0.1, 0.15) is 31.7 Å². The molecule has 1 aromatic rings. The van der Waals surface area contributed by atoms with Crippen molar-refractivity contribution in [3.63, 3.8) is 0 Å². The average molecular weight is 263 g/mol. The molecule has 18 heavy (non-hydrogen) atoms. The van der Waals surface area contributed by atoms with Crippen LogP contribution in [0.5, 0.6) is 0 Å². The molecule has 0 bridgehead atoms. The summed E-state index contributed by atoms with van der Waals surface area (Å²) in [6, 6.07) is 6.76. The minimum atomic E-state index is 0.283. The van der Waals surface area contributed by atoms with Crippen molar-refractivity contribution in [1.29, 1.82) is 0 Å². The molecule has 0 aromatic heterocycles. The van der Waals surface area contributed by atoms with Crippen molar-refractivity contribution in [2.75, 3.05) is 24.2 Å². The Morgan fingerprint density at radius 1 is 1.44 bits per heavy atom. The third-order valence-corrected chi connectivity index (χ3v) is 4.56. The standard InChI is InChI=1S/C15H21NOS/c1-12(17)5-3-9-16(2)14-7-8-15-13(11-14)6-4-10-18-15/h7-8,11H,3-6,9-10H2,1-2H3. The first-order valence-electron chi connectivity index (χ1n) is 6.63. The van der Waals surface area contributed by atoms with Crippen LogP contribution >= 0.6 is 11.8 Å². The third-order valence-electron chi connectivity index (χ3n) is 3.36. The molecule has 3 heteroatoms. The van der Waals surface area contributed by atoms with Gasteiger partial charge in [-0.1, -0.05) is 0 Å². The molecule has 0 spiro atoms. The summed E-state index contributed by atoms with van der Waals surface area (Å²) < 4.78 is 0. The number of hydrogen-bond acceptors (Lipinski definition) is 3. The van der Waals surface area contributed by atoms with E-state index in [9.17, 15) is 4.79 Å². The van der Waals surface area contributed by atoms with Crippen LogP contribution in [0, 0.1) is 0 Å². The largest absolute Gasteiger partial charge is 0.375 e. The zero-order chi connectivity index (χ0) is 13.0. The molecule has 1 heterocycles. The van der Waals surface area contributed by atoms with Gasteiger partial charge in [0.15, 0.2) is 0 Å². The van der Waals surface area contributed by atoms with Gasteiger partial charge in [-0.3, -0.25) is 0 Å². The molecule has 0 atom stereocenters. The number of carbonyl (C=O) groups excluding carboxylic acids is 1. The minimum absolute atomic E-state index is 0.283. The highest BCUT2D eigenvalue weighted by Gasteiger charge is 2.11. The Balaban J connectivity index is 1.97. The van der Waals surface area contributed by atoms with E-state index in [0.29, 0.717) is 6.42 Å². The summed E-state index contributed by atoms with van der Waals surface area (Å²) in [5.74, 6) is 1.53. The van der Waals surface area contributed by atoms with E-state index in [4.69, 9.17) is 0 Å². The first-order chi connectivity index (χ1) is 8.66. The second kappa shape index (κ2) is 6.28. The van der Waals surface area contributed by atoms with Crippen molar-refractivity contribution >= 4 is 23.2 Å². The fraction of sp³-hybridized carbons (Fsp3) is 0.533. The monoisotopic (exact) mass is 263 g/mol. The van der Waals surface area contributed by atoms with Gasteiger partial charge in [0.25, 0.3) is 0 Å². The summed E-state index contributed by atoms with van der Waals surface area (Å²) in [6.45, 7) is 2.61. The molecule has 0 fully saturated rings. The molecule has 0 saturated carbocycles. The Kier molecular flexibility index (Phi) is 4.70. The van der Waals surface area contributed by atoms with Crippen molar-refractivity contribution in [2.45, 2.75) is 37.5 Å². The van der Waals surface area contributed by atoms with Crippen LogP contribution in [-0.2, 0) is 11.2 Å². The lowest BCUT2D eigenvalue weighted by Gasteiger charge is -2.22. The smallest absolute Gasteiger partial charge is 0.129 e. The summed E-state index contributed by atoms with van der Waals surface area (Å²) >= 11 is 1.97. The number of Topliss-reactive ketones (excluding diaryl/α,β-unsaturated/α-hetero) is 1. The van der Waals surface area contributed by atoms with E-state index in [1.165, 1.54) is 34.7 Å². The Hall–Kier alpha value is -0.960. The van der Waals surface area contributed by atoms with E-state index in [-0.39, 0.29) is 5.78 Å². The molecule has 0 unspecified atom stereocenters. The van der Waals surface area contributed by atoms with Crippen molar-refractivity contribution in [1.82, 2.24) is 0 Å². The molecule has 1 aliphatic heterocycles. The van der Waals surface area contributed by atoms with E-state index in [1.54, 1.807) is 6.92 Å². The van der Waals surface area contributed by atoms with Crippen molar-refractivity contribution < 1.29 is 4.79 Å². The summed E-state index contributed by atoms with van der Waals surface area (Å²) in [5, 5.41) is 0. The Morgan fingerprint density at radius 2 is 2.28 bits per heavy atom. The van der Waals surface area contributed by atoms with Crippen molar-refractivity contribution in [3.05, 3.63) is 23.8 Å². The van der Waals surface area contributed by atoms with Crippen LogP contribution in [0.4, 0.5) is 5.69 Å². The second-order valence-corrected chi connectivity index (χ2v) is 6.11. The van der Waals surface area contributed by atoms with Crippen LogP contribution in [-0.4, -0.2) is 25.1 Å². The number of nitrogens with zero attached hydrogens (tertiary/aromatic N) is 1. The van der Waals surface area contributed by atoms with Gasteiger partial charge in [0.05, 0.1) is 0 Å². The minimum Gasteiger partial charge on any atom is -0.375 e. The van der Waals surface area contributed by atoms with Crippen LogP contribution in [0.2, 0.25) is 0 Å². The number of aryl methyl sites for hydroxylation is 1. The number of rotatable bonds is 5. The van der Waals surface area contributed by atoms with Gasteiger partial charge in [-0.2, -0.15) is 0 Å². The number of thioether (sulfide) groups is 1. The average Bonchev–Trinajstić information content (AvgIpc) is 2.37. The van der Waals surface area contributed by atoms with Crippen LogP contribution in [0.15, 0.2) is 23.1 Å². The lowest BCUT2D eigenvalue weighted by atomic mass is 10.1. The maximum Gasteiger partial charge on any atom is 0.129 e. The van der Waals surface area contributed by atoms with Gasteiger partial charge in [0, 0.05) is 30.6 Å². The molecule has 2 rings (SSSR count). The van der Waals surface area contributed by atoms with Gasteiger partial charge in [0.2, 0.25) is 0 Å². The molecular formula is C15H21NOS. The highest BCUT2D eigenvalue weighted by Crippen LogP contribution is 2.32.